The number of carbonyl (C=O) groups is 1. The molecule has 0 aliphatic carbocycles. The average molecular weight is 315 g/mol. The summed E-state index contributed by atoms with van der Waals surface area (Å²) < 4.78 is 10.7. The van der Waals surface area contributed by atoms with Gasteiger partial charge in [0.25, 0.3) is 5.22 Å². The van der Waals surface area contributed by atoms with Gasteiger partial charge in [0.1, 0.15) is 5.75 Å². The largest absolute Gasteiger partial charge is 0.495 e. The monoisotopic (exact) mass is 315 g/mol. The molecule has 0 spiro atoms. The second kappa shape index (κ2) is 6.48. The Morgan fingerprint density at radius 2 is 2.18 bits per heavy atom. The van der Waals surface area contributed by atoms with E-state index in [0.717, 1.165) is 0 Å². The first kappa shape index (κ1) is 14.4. The number of amides is 1. The predicted octanol–water partition coefficient (Wildman–Crippen LogP) is 2.96. The lowest BCUT2D eigenvalue weighted by Gasteiger charge is -2.08. The molecule has 3 aromatic rings. The van der Waals surface area contributed by atoms with Crippen LogP contribution in [0.25, 0.3) is 11.2 Å². The SMILES string of the molecule is COc1ccccc1NC(=O)CSc1nc2ncccc2o1. The minimum absolute atomic E-state index is 0.162. The van der Waals surface area contributed by atoms with Crippen LogP contribution in [0, 0.1) is 0 Å². The molecule has 1 aromatic carbocycles. The number of anilines is 1. The number of aromatic nitrogens is 2. The van der Waals surface area contributed by atoms with Crippen LogP contribution in [-0.4, -0.2) is 28.7 Å². The van der Waals surface area contributed by atoms with E-state index in [9.17, 15) is 4.79 Å². The molecule has 3 rings (SSSR count). The summed E-state index contributed by atoms with van der Waals surface area (Å²) in [6.07, 6.45) is 1.65. The van der Waals surface area contributed by atoms with E-state index < -0.39 is 0 Å². The fraction of sp³-hybridized carbons (Fsp3) is 0.133. The van der Waals surface area contributed by atoms with E-state index in [-0.39, 0.29) is 11.7 Å². The Morgan fingerprint density at radius 3 is 3.00 bits per heavy atom. The molecule has 2 aromatic heterocycles. The second-order valence-corrected chi connectivity index (χ2v) is 5.27. The summed E-state index contributed by atoms with van der Waals surface area (Å²) in [4.78, 5) is 20.3. The molecule has 0 saturated heterocycles. The van der Waals surface area contributed by atoms with E-state index in [1.165, 1.54) is 11.8 Å². The Balaban J connectivity index is 1.62. The molecular formula is C15H13N3O3S. The third-order valence-electron chi connectivity index (χ3n) is 2.85. The number of benzene rings is 1. The maximum atomic E-state index is 12.0. The van der Waals surface area contributed by atoms with Crippen LogP contribution in [0.4, 0.5) is 5.69 Å². The third-order valence-corrected chi connectivity index (χ3v) is 3.68. The minimum Gasteiger partial charge on any atom is -0.495 e. The van der Waals surface area contributed by atoms with Crippen molar-refractivity contribution in [3.8, 4) is 5.75 Å². The number of nitrogens with one attached hydrogen (secondary N) is 1. The third kappa shape index (κ3) is 3.20. The summed E-state index contributed by atoms with van der Waals surface area (Å²) in [5, 5.41) is 3.22. The zero-order valence-corrected chi connectivity index (χ0v) is 12.6. The number of carbonyl (C=O) groups excluding carboxylic acids is 1. The number of oxazole rings is 1. The van der Waals surface area contributed by atoms with Crippen LogP contribution >= 0.6 is 11.8 Å². The number of methoxy groups -OCH3 is 1. The molecule has 2 heterocycles. The molecular weight excluding hydrogens is 302 g/mol. The highest BCUT2D eigenvalue weighted by Gasteiger charge is 2.11. The van der Waals surface area contributed by atoms with E-state index in [2.05, 4.69) is 15.3 Å². The number of ether oxygens (including phenoxy) is 1. The van der Waals surface area contributed by atoms with E-state index in [1.807, 2.05) is 12.1 Å². The van der Waals surface area contributed by atoms with Gasteiger partial charge in [-0.15, -0.1) is 0 Å². The van der Waals surface area contributed by atoms with Crippen molar-refractivity contribution in [1.29, 1.82) is 0 Å². The van der Waals surface area contributed by atoms with Gasteiger partial charge in [0.05, 0.1) is 18.6 Å². The van der Waals surface area contributed by atoms with Crippen LogP contribution in [0.5, 0.6) is 5.75 Å². The van der Waals surface area contributed by atoms with E-state index in [0.29, 0.717) is 27.9 Å². The van der Waals surface area contributed by atoms with Crippen molar-refractivity contribution >= 4 is 34.6 Å². The molecule has 1 N–H and O–H groups in total. The smallest absolute Gasteiger partial charge is 0.258 e. The molecule has 0 aliphatic rings. The standard InChI is InChI=1S/C15H13N3O3S/c1-20-11-6-3-2-5-10(11)17-13(19)9-22-15-18-14-12(21-15)7-4-8-16-14/h2-8H,9H2,1H3,(H,17,19). The number of fused-ring (bicyclic) bond motifs is 1. The number of pyridine rings is 1. The van der Waals surface area contributed by atoms with Crippen molar-refractivity contribution in [1.82, 2.24) is 9.97 Å². The van der Waals surface area contributed by atoms with Crippen LogP contribution < -0.4 is 10.1 Å². The number of hydrogen-bond acceptors (Lipinski definition) is 6. The van der Waals surface area contributed by atoms with Crippen LogP contribution in [-0.2, 0) is 4.79 Å². The van der Waals surface area contributed by atoms with Crippen LogP contribution in [0.3, 0.4) is 0 Å². The maximum Gasteiger partial charge on any atom is 0.258 e. The van der Waals surface area contributed by atoms with Crippen LogP contribution in [0.2, 0.25) is 0 Å². The number of hydrogen-bond donors (Lipinski definition) is 1. The first-order chi connectivity index (χ1) is 10.8. The Bertz CT molecular complexity index is 770. The van der Waals surface area contributed by atoms with Crippen molar-refractivity contribution in [3.63, 3.8) is 0 Å². The lowest BCUT2D eigenvalue weighted by atomic mass is 10.3. The zero-order chi connectivity index (χ0) is 15.4. The second-order valence-electron chi connectivity index (χ2n) is 4.34. The number of para-hydroxylation sites is 2. The Kier molecular flexibility index (Phi) is 4.24. The molecule has 0 atom stereocenters. The Morgan fingerprint density at radius 1 is 1.32 bits per heavy atom. The van der Waals surface area contributed by atoms with Gasteiger partial charge in [-0.25, -0.2) is 4.98 Å². The fourth-order valence-corrected chi connectivity index (χ4v) is 2.50. The highest BCUT2D eigenvalue weighted by Crippen LogP contribution is 2.25. The molecule has 6 nitrogen and oxygen atoms in total. The van der Waals surface area contributed by atoms with Gasteiger partial charge in [0.2, 0.25) is 5.91 Å². The summed E-state index contributed by atoms with van der Waals surface area (Å²) in [7, 11) is 1.56. The van der Waals surface area contributed by atoms with Crippen molar-refractivity contribution in [2.24, 2.45) is 0 Å². The topological polar surface area (TPSA) is 77.2 Å². The first-order valence-corrected chi connectivity index (χ1v) is 7.52. The molecule has 0 aliphatic heterocycles. The summed E-state index contributed by atoms with van der Waals surface area (Å²) in [6, 6.07) is 10.8. The number of thioether (sulfide) groups is 1. The molecule has 22 heavy (non-hydrogen) atoms. The summed E-state index contributed by atoms with van der Waals surface area (Å²) >= 11 is 1.22. The molecule has 0 fully saturated rings. The average Bonchev–Trinajstić information content (AvgIpc) is 2.96. The van der Waals surface area contributed by atoms with Gasteiger partial charge >= 0.3 is 0 Å². The van der Waals surface area contributed by atoms with Crippen LogP contribution in [0.1, 0.15) is 0 Å². The van der Waals surface area contributed by atoms with Gasteiger partial charge in [-0.1, -0.05) is 23.9 Å². The number of rotatable bonds is 5. The van der Waals surface area contributed by atoms with Gasteiger partial charge in [0.15, 0.2) is 11.2 Å². The van der Waals surface area contributed by atoms with Crippen molar-refractivity contribution in [2.75, 3.05) is 18.2 Å². The first-order valence-electron chi connectivity index (χ1n) is 6.53. The normalized spacial score (nSPS) is 10.6. The van der Waals surface area contributed by atoms with Gasteiger partial charge in [-0.05, 0) is 24.3 Å². The minimum atomic E-state index is -0.162. The summed E-state index contributed by atoms with van der Waals surface area (Å²) in [5.41, 5.74) is 1.78. The molecule has 7 heteroatoms. The van der Waals surface area contributed by atoms with Crippen molar-refractivity contribution in [2.45, 2.75) is 5.22 Å². The van der Waals surface area contributed by atoms with E-state index in [1.54, 1.807) is 37.6 Å². The summed E-state index contributed by atoms with van der Waals surface area (Å²) in [5.74, 6) is 0.641. The highest BCUT2D eigenvalue weighted by molar-refractivity contribution is 7.99. The Labute approximate surface area is 130 Å². The van der Waals surface area contributed by atoms with Crippen LogP contribution in [0.15, 0.2) is 52.2 Å². The van der Waals surface area contributed by atoms with Crippen molar-refractivity contribution in [3.05, 3.63) is 42.6 Å². The molecule has 0 radical (unpaired) electrons. The quantitative estimate of drug-likeness (QED) is 0.729. The molecule has 0 bridgehead atoms. The molecule has 0 unspecified atom stereocenters. The van der Waals surface area contributed by atoms with Gasteiger partial charge in [-0.3, -0.25) is 4.79 Å². The zero-order valence-electron chi connectivity index (χ0n) is 11.8. The predicted molar refractivity (Wildman–Crippen MR) is 84.2 cm³/mol. The van der Waals surface area contributed by atoms with E-state index in [4.69, 9.17) is 9.15 Å². The van der Waals surface area contributed by atoms with Crippen molar-refractivity contribution < 1.29 is 13.9 Å². The summed E-state index contributed by atoms with van der Waals surface area (Å²) in [6.45, 7) is 0. The van der Waals surface area contributed by atoms with E-state index >= 15 is 0 Å². The van der Waals surface area contributed by atoms with Gasteiger partial charge in [-0.2, -0.15) is 4.98 Å². The maximum absolute atomic E-state index is 12.0. The lowest BCUT2D eigenvalue weighted by Crippen LogP contribution is -2.14. The lowest BCUT2D eigenvalue weighted by molar-refractivity contribution is -0.113. The molecule has 112 valence electrons. The van der Waals surface area contributed by atoms with Gasteiger partial charge in [0, 0.05) is 6.20 Å². The highest BCUT2D eigenvalue weighted by atomic mass is 32.2. The van der Waals surface area contributed by atoms with Gasteiger partial charge < -0.3 is 14.5 Å². The number of nitrogens with zero attached hydrogens (tertiary/aromatic N) is 2. The molecule has 0 saturated carbocycles. The molecule has 1 amide bonds. The Hall–Kier alpha value is -2.54. The fourth-order valence-electron chi connectivity index (χ4n) is 1.87.